The van der Waals surface area contributed by atoms with Crippen molar-refractivity contribution in [1.82, 2.24) is 20.4 Å². The number of hydrogen-bond acceptors (Lipinski definition) is 7. The molecule has 2 rings (SSSR count). The second-order valence-electron chi connectivity index (χ2n) is 3.57. The van der Waals surface area contributed by atoms with Crippen LogP contribution in [-0.2, 0) is 13.0 Å². The van der Waals surface area contributed by atoms with E-state index in [1.54, 1.807) is 12.3 Å². The molecule has 0 atom stereocenters. The molecule has 0 saturated heterocycles. The van der Waals surface area contributed by atoms with Crippen LogP contribution in [0.2, 0.25) is 0 Å². The van der Waals surface area contributed by atoms with Crippen LogP contribution in [0.15, 0.2) is 9.90 Å². The minimum Gasteiger partial charge on any atom is -0.350 e. The van der Waals surface area contributed by atoms with Crippen LogP contribution in [0.5, 0.6) is 0 Å². The third-order valence-electron chi connectivity index (χ3n) is 2.16. The zero-order chi connectivity index (χ0) is 13.0. The normalized spacial score (nSPS) is 10.6. The highest BCUT2D eigenvalue weighted by Crippen LogP contribution is 2.08. The number of nitrogens with one attached hydrogen (secondary N) is 1. The molecular weight excluding hydrogens is 254 g/mol. The molecule has 8 heteroatoms. The lowest BCUT2D eigenvalue weighted by Crippen LogP contribution is -2.26. The van der Waals surface area contributed by atoms with Gasteiger partial charge in [-0.15, -0.1) is 11.3 Å². The lowest BCUT2D eigenvalue weighted by molar-refractivity contribution is 0.0949. The van der Waals surface area contributed by atoms with Gasteiger partial charge in [0.15, 0.2) is 5.82 Å². The van der Waals surface area contributed by atoms with E-state index in [2.05, 4.69) is 20.4 Å². The highest BCUT2D eigenvalue weighted by Gasteiger charge is 2.10. The fraction of sp³-hybridized carbons (Fsp3) is 0.400. The molecule has 18 heavy (non-hydrogen) atoms. The molecule has 0 unspecified atom stereocenters. The Hall–Kier alpha value is -1.80. The van der Waals surface area contributed by atoms with Crippen LogP contribution in [-0.4, -0.2) is 27.6 Å². The Balaban J connectivity index is 1.81. The lowest BCUT2D eigenvalue weighted by atomic mass is 10.4. The van der Waals surface area contributed by atoms with Crippen molar-refractivity contribution in [3.8, 4) is 0 Å². The van der Waals surface area contributed by atoms with Crippen molar-refractivity contribution in [1.29, 1.82) is 0 Å². The molecule has 3 N–H and O–H groups in total. The Morgan fingerprint density at radius 1 is 1.56 bits per heavy atom. The maximum absolute atomic E-state index is 11.7. The Kier molecular flexibility index (Phi) is 4.00. The van der Waals surface area contributed by atoms with Crippen LogP contribution in [0.1, 0.15) is 27.2 Å². The number of nitrogens with zero attached hydrogens (tertiary/aromatic N) is 3. The van der Waals surface area contributed by atoms with Gasteiger partial charge >= 0.3 is 0 Å². The van der Waals surface area contributed by atoms with Gasteiger partial charge in [-0.3, -0.25) is 4.79 Å². The van der Waals surface area contributed by atoms with Crippen molar-refractivity contribution in [2.24, 2.45) is 5.73 Å². The van der Waals surface area contributed by atoms with Gasteiger partial charge in [0.2, 0.25) is 5.89 Å². The molecule has 0 aliphatic carbocycles. The third-order valence-corrected chi connectivity index (χ3v) is 3.03. The number of aryl methyl sites for hydroxylation is 1. The summed E-state index contributed by atoms with van der Waals surface area (Å²) >= 11 is 1.37. The number of amides is 1. The first-order chi connectivity index (χ1) is 8.69. The molecule has 7 nitrogen and oxygen atoms in total. The van der Waals surface area contributed by atoms with E-state index in [0.717, 1.165) is 5.01 Å². The van der Waals surface area contributed by atoms with Gasteiger partial charge in [0.1, 0.15) is 10.7 Å². The Bertz CT molecular complexity index is 536. The summed E-state index contributed by atoms with van der Waals surface area (Å²) in [5.74, 6) is 0.878. The largest absolute Gasteiger partial charge is 0.350 e. The van der Waals surface area contributed by atoms with Crippen LogP contribution < -0.4 is 11.1 Å². The van der Waals surface area contributed by atoms with Gasteiger partial charge in [0.05, 0.1) is 0 Å². The van der Waals surface area contributed by atoms with Crippen LogP contribution in [0.4, 0.5) is 0 Å². The molecule has 0 radical (unpaired) electrons. The molecule has 2 aromatic heterocycles. The number of aromatic nitrogens is 3. The molecule has 2 heterocycles. The summed E-state index contributed by atoms with van der Waals surface area (Å²) in [5, 5.41) is 8.91. The van der Waals surface area contributed by atoms with Crippen LogP contribution in [0.25, 0.3) is 0 Å². The molecule has 0 aliphatic heterocycles. The molecule has 1 amide bonds. The van der Waals surface area contributed by atoms with E-state index in [1.165, 1.54) is 11.3 Å². The lowest BCUT2D eigenvalue weighted by Gasteiger charge is -1.99. The summed E-state index contributed by atoms with van der Waals surface area (Å²) in [5.41, 5.74) is 5.82. The van der Waals surface area contributed by atoms with E-state index in [9.17, 15) is 4.79 Å². The Labute approximate surface area is 107 Å². The van der Waals surface area contributed by atoms with E-state index < -0.39 is 0 Å². The average Bonchev–Trinajstić information content (AvgIpc) is 2.98. The smallest absolute Gasteiger partial charge is 0.270 e. The van der Waals surface area contributed by atoms with E-state index in [4.69, 9.17) is 10.3 Å². The van der Waals surface area contributed by atoms with E-state index >= 15 is 0 Å². The number of hydrogen-bond donors (Lipinski definition) is 2. The Morgan fingerprint density at radius 3 is 3.00 bits per heavy atom. The van der Waals surface area contributed by atoms with Crippen LogP contribution in [0.3, 0.4) is 0 Å². The molecule has 96 valence electrons. The molecule has 0 aliphatic rings. The van der Waals surface area contributed by atoms with Crippen molar-refractivity contribution >= 4 is 17.2 Å². The van der Waals surface area contributed by atoms with Crippen LogP contribution in [0, 0.1) is 6.92 Å². The minimum atomic E-state index is -0.217. The monoisotopic (exact) mass is 267 g/mol. The number of carbonyl (C=O) groups excluding carboxylic acids is 1. The SMILES string of the molecule is Cc1nc(CCNC(=O)c2csc(CN)n2)no1. The molecular formula is C10H13N5O2S. The maximum atomic E-state index is 11.7. The van der Waals surface area contributed by atoms with E-state index in [-0.39, 0.29) is 5.91 Å². The summed E-state index contributed by atoms with van der Waals surface area (Å²) in [6.07, 6.45) is 0.525. The van der Waals surface area contributed by atoms with Crippen molar-refractivity contribution < 1.29 is 9.32 Å². The van der Waals surface area contributed by atoms with Crippen molar-refractivity contribution in [3.63, 3.8) is 0 Å². The molecule has 0 aromatic carbocycles. The third kappa shape index (κ3) is 3.11. The molecule has 0 fully saturated rings. The fourth-order valence-electron chi connectivity index (χ4n) is 1.33. The highest BCUT2D eigenvalue weighted by molar-refractivity contribution is 7.09. The summed E-state index contributed by atoms with van der Waals surface area (Å²) in [7, 11) is 0. The highest BCUT2D eigenvalue weighted by atomic mass is 32.1. The number of thiazole rings is 1. The van der Waals surface area contributed by atoms with Gasteiger partial charge in [0, 0.05) is 31.8 Å². The fourth-order valence-corrected chi connectivity index (χ4v) is 1.98. The van der Waals surface area contributed by atoms with Gasteiger partial charge in [-0.05, 0) is 0 Å². The Morgan fingerprint density at radius 2 is 2.39 bits per heavy atom. The molecule has 0 spiro atoms. The summed E-state index contributed by atoms with van der Waals surface area (Å²) in [6, 6.07) is 0. The zero-order valence-electron chi connectivity index (χ0n) is 9.84. The predicted octanol–water partition coefficient (Wildman–Crippen LogP) is 0.266. The molecule has 0 bridgehead atoms. The molecule has 0 saturated carbocycles. The number of rotatable bonds is 5. The maximum Gasteiger partial charge on any atom is 0.270 e. The first-order valence-electron chi connectivity index (χ1n) is 5.41. The number of carbonyl (C=O) groups is 1. The first kappa shape index (κ1) is 12.7. The predicted molar refractivity (Wildman–Crippen MR) is 65.1 cm³/mol. The van der Waals surface area contributed by atoms with Gasteiger partial charge in [-0.25, -0.2) is 4.98 Å². The van der Waals surface area contributed by atoms with Crippen LogP contribution >= 0.6 is 11.3 Å². The quantitative estimate of drug-likeness (QED) is 0.805. The average molecular weight is 267 g/mol. The van der Waals surface area contributed by atoms with Crippen molar-refractivity contribution in [2.45, 2.75) is 19.9 Å². The van der Waals surface area contributed by atoms with Gasteiger partial charge in [-0.1, -0.05) is 5.16 Å². The summed E-state index contributed by atoms with van der Waals surface area (Å²) < 4.78 is 4.83. The number of nitrogens with two attached hydrogens (primary N) is 1. The second-order valence-corrected chi connectivity index (χ2v) is 4.51. The van der Waals surface area contributed by atoms with Crippen molar-refractivity contribution in [3.05, 3.63) is 27.8 Å². The minimum absolute atomic E-state index is 0.217. The van der Waals surface area contributed by atoms with E-state index in [1.807, 2.05) is 0 Å². The topological polar surface area (TPSA) is 107 Å². The summed E-state index contributed by atoms with van der Waals surface area (Å²) in [4.78, 5) is 19.8. The van der Waals surface area contributed by atoms with Crippen molar-refractivity contribution in [2.75, 3.05) is 6.54 Å². The standard InChI is InChI=1S/C10H13N5O2S/c1-6-13-8(15-17-6)2-3-12-10(16)7-5-18-9(4-11)14-7/h5H,2-4,11H2,1H3,(H,12,16). The van der Waals surface area contributed by atoms with E-state index in [0.29, 0.717) is 36.9 Å². The summed E-state index contributed by atoms with van der Waals surface area (Å²) in [6.45, 7) is 2.51. The second kappa shape index (κ2) is 5.69. The van der Waals surface area contributed by atoms with Gasteiger partial charge < -0.3 is 15.6 Å². The zero-order valence-corrected chi connectivity index (χ0v) is 10.7. The van der Waals surface area contributed by atoms with Gasteiger partial charge in [-0.2, -0.15) is 4.98 Å². The molecule has 2 aromatic rings. The van der Waals surface area contributed by atoms with Gasteiger partial charge in [0.25, 0.3) is 5.91 Å². The first-order valence-corrected chi connectivity index (χ1v) is 6.29.